The summed E-state index contributed by atoms with van der Waals surface area (Å²) in [5, 5.41) is 8.92. The largest absolute Gasteiger partial charge is 0.481 e. The number of carboxylic acids is 1. The van der Waals surface area contributed by atoms with Gasteiger partial charge in [-0.3, -0.25) is 9.59 Å². The van der Waals surface area contributed by atoms with Crippen LogP contribution in [0.1, 0.15) is 43.2 Å². The summed E-state index contributed by atoms with van der Waals surface area (Å²) >= 11 is 0. The highest BCUT2D eigenvalue weighted by Gasteiger charge is 2.24. The highest BCUT2D eigenvalue weighted by atomic mass is 16.4. The zero-order valence-electron chi connectivity index (χ0n) is 10.6. The molecule has 0 heterocycles. The number of carbonyl (C=O) groups excluding carboxylic acids is 1. The van der Waals surface area contributed by atoms with Crippen LogP contribution >= 0.6 is 0 Å². The van der Waals surface area contributed by atoms with Crippen molar-refractivity contribution in [1.29, 1.82) is 0 Å². The first kappa shape index (κ1) is 12.8. The van der Waals surface area contributed by atoms with E-state index in [1.807, 2.05) is 24.3 Å². The van der Waals surface area contributed by atoms with Crippen LogP contribution in [0.25, 0.3) is 0 Å². The van der Waals surface area contributed by atoms with Gasteiger partial charge >= 0.3 is 5.97 Å². The molecule has 18 heavy (non-hydrogen) atoms. The summed E-state index contributed by atoms with van der Waals surface area (Å²) < 4.78 is 0. The summed E-state index contributed by atoms with van der Waals surface area (Å²) in [5.74, 6) is -0.744. The highest BCUT2D eigenvalue weighted by Crippen LogP contribution is 2.25. The van der Waals surface area contributed by atoms with E-state index in [9.17, 15) is 9.59 Å². The van der Waals surface area contributed by atoms with Gasteiger partial charge in [-0.2, -0.15) is 0 Å². The standard InChI is InChI=1S/C15H18O3/c1-10(15(17)18)12-7-5-11(6-8-12)9-13-3-2-4-14(13)16/h5-8,10,13H,2-4,9H2,1H3,(H,17,18)/t10-,13?/m0/s1. The lowest BCUT2D eigenvalue weighted by molar-refractivity contribution is -0.138. The smallest absolute Gasteiger partial charge is 0.310 e. The molecular formula is C15H18O3. The zero-order chi connectivity index (χ0) is 13.1. The van der Waals surface area contributed by atoms with Crippen molar-refractivity contribution in [3.63, 3.8) is 0 Å². The van der Waals surface area contributed by atoms with Crippen LogP contribution in [0.5, 0.6) is 0 Å². The van der Waals surface area contributed by atoms with E-state index < -0.39 is 11.9 Å². The number of carbonyl (C=O) groups is 2. The van der Waals surface area contributed by atoms with Crippen molar-refractivity contribution >= 4 is 11.8 Å². The van der Waals surface area contributed by atoms with E-state index in [0.29, 0.717) is 5.78 Å². The van der Waals surface area contributed by atoms with Crippen LogP contribution < -0.4 is 0 Å². The van der Waals surface area contributed by atoms with Gasteiger partial charge in [0.05, 0.1) is 5.92 Å². The number of aliphatic carboxylic acids is 1. The minimum absolute atomic E-state index is 0.174. The lowest BCUT2D eigenvalue weighted by Crippen LogP contribution is -2.10. The normalized spacial score (nSPS) is 20.9. The molecule has 2 atom stereocenters. The van der Waals surface area contributed by atoms with Crippen LogP contribution in [-0.4, -0.2) is 16.9 Å². The van der Waals surface area contributed by atoms with E-state index in [4.69, 9.17) is 5.11 Å². The number of rotatable bonds is 4. The Bertz CT molecular complexity index is 447. The SMILES string of the molecule is C[C@H](C(=O)O)c1ccc(CC2CCCC2=O)cc1. The number of ketones is 1. The van der Waals surface area contributed by atoms with Gasteiger partial charge in [0, 0.05) is 12.3 Å². The summed E-state index contributed by atoms with van der Waals surface area (Å²) in [6.07, 6.45) is 3.52. The molecule has 96 valence electrons. The van der Waals surface area contributed by atoms with Crippen LogP contribution in [-0.2, 0) is 16.0 Å². The molecule has 1 fully saturated rings. The van der Waals surface area contributed by atoms with Gasteiger partial charge in [-0.1, -0.05) is 24.3 Å². The van der Waals surface area contributed by atoms with Crippen LogP contribution in [0.15, 0.2) is 24.3 Å². The van der Waals surface area contributed by atoms with Crippen molar-refractivity contribution in [3.8, 4) is 0 Å². The molecule has 1 N–H and O–H groups in total. The summed E-state index contributed by atoms with van der Waals surface area (Å²) in [5.41, 5.74) is 1.93. The predicted molar refractivity (Wildman–Crippen MR) is 68.5 cm³/mol. The lowest BCUT2D eigenvalue weighted by atomic mass is 9.94. The third-order valence-corrected chi connectivity index (χ3v) is 3.76. The number of benzene rings is 1. The van der Waals surface area contributed by atoms with Crippen molar-refractivity contribution in [2.24, 2.45) is 5.92 Å². The predicted octanol–water partition coefficient (Wildman–Crippen LogP) is 2.79. The van der Waals surface area contributed by atoms with Gasteiger partial charge in [-0.25, -0.2) is 0 Å². The third kappa shape index (κ3) is 2.78. The average Bonchev–Trinajstić information content (AvgIpc) is 2.75. The number of carboxylic acid groups (broad SMARTS) is 1. The molecule has 1 aromatic rings. The Labute approximate surface area is 107 Å². The van der Waals surface area contributed by atoms with Crippen molar-refractivity contribution in [3.05, 3.63) is 35.4 Å². The molecular weight excluding hydrogens is 228 g/mol. The highest BCUT2D eigenvalue weighted by molar-refractivity contribution is 5.83. The Kier molecular flexibility index (Phi) is 3.80. The van der Waals surface area contributed by atoms with Gasteiger partial charge < -0.3 is 5.11 Å². The fourth-order valence-corrected chi connectivity index (χ4v) is 2.47. The summed E-state index contributed by atoms with van der Waals surface area (Å²) in [6, 6.07) is 7.60. The van der Waals surface area contributed by atoms with E-state index in [1.54, 1.807) is 6.92 Å². The summed E-state index contributed by atoms with van der Waals surface area (Å²) in [6.45, 7) is 1.68. The maximum atomic E-state index is 11.6. The Hall–Kier alpha value is -1.64. The topological polar surface area (TPSA) is 54.4 Å². The second-order valence-electron chi connectivity index (χ2n) is 5.06. The molecule has 0 saturated heterocycles. The Balaban J connectivity index is 2.03. The minimum atomic E-state index is -0.811. The van der Waals surface area contributed by atoms with E-state index in [2.05, 4.69) is 0 Å². The quantitative estimate of drug-likeness (QED) is 0.888. The molecule has 1 aliphatic carbocycles. The second-order valence-corrected chi connectivity index (χ2v) is 5.06. The Morgan fingerprint density at radius 3 is 2.56 bits per heavy atom. The monoisotopic (exact) mass is 246 g/mol. The molecule has 3 heteroatoms. The summed E-state index contributed by atoms with van der Waals surface area (Å²) in [4.78, 5) is 22.4. The molecule has 1 saturated carbocycles. The van der Waals surface area contributed by atoms with Crippen molar-refractivity contribution in [1.82, 2.24) is 0 Å². The molecule has 1 unspecified atom stereocenters. The van der Waals surface area contributed by atoms with Gasteiger partial charge in [-0.15, -0.1) is 0 Å². The molecule has 0 spiro atoms. The Morgan fingerprint density at radius 1 is 1.39 bits per heavy atom. The molecule has 0 bridgehead atoms. The maximum absolute atomic E-state index is 11.6. The molecule has 0 amide bonds. The average molecular weight is 246 g/mol. The summed E-state index contributed by atoms with van der Waals surface area (Å²) in [7, 11) is 0. The molecule has 1 aromatic carbocycles. The fourth-order valence-electron chi connectivity index (χ4n) is 2.47. The van der Waals surface area contributed by atoms with Gasteiger partial charge in [0.15, 0.2) is 0 Å². The van der Waals surface area contributed by atoms with E-state index in [0.717, 1.165) is 36.8 Å². The molecule has 0 radical (unpaired) electrons. The molecule has 0 aromatic heterocycles. The molecule has 0 aliphatic heterocycles. The Morgan fingerprint density at radius 2 is 2.06 bits per heavy atom. The first-order chi connectivity index (χ1) is 8.58. The first-order valence-corrected chi connectivity index (χ1v) is 6.42. The van der Waals surface area contributed by atoms with Crippen molar-refractivity contribution in [2.75, 3.05) is 0 Å². The van der Waals surface area contributed by atoms with Crippen molar-refractivity contribution in [2.45, 2.75) is 38.5 Å². The molecule has 1 aliphatic rings. The van der Waals surface area contributed by atoms with Crippen LogP contribution in [0.3, 0.4) is 0 Å². The van der Waals surface area contributed by atoms with Gasteiger partial charge in [0.25, 0.3) is 0 Å². The molecule has 2 rings (SSSR count). The molecule has 3 nitrogen and oxygen atoms in total. The fraction of sp³-hybridized carbons (Fsp3) is 0.467. The van der Waals surface area contributed by atoms with Crippen LogP contribution in [0, 0.1) is 5.92 Å². The second kappa shape index (κ2) is 5.34. The van der Waals surface area contributed by atoms with Crippen LogP contribution in [0.2, 0.25) is 0 Å². The zero-order valence-corrected chi connectivity index (χ0v) is 10.6. The van der Waals surface area contributed by atoms with Gasteiger partial charge in [0.1, 0.15) is 5.78 Å². The first-order valence-electron chi connectivity index (χ1n) is 6.42. The number of Topliss-reactive ketones (excluding diaryl/α,β-unsaturated/α-hetero) is 1. The van der Waals surface area contributed by atoms with Gasteiger partial charge in [-0.05, 0) is 37.3 Å². The van der Waals surface area contributed by atoms with E-state index in [-0.39, 0.29) is 5.92 Å². The van der Waals surface area contributed by atoms with Gasteiger partial charge in [0.2, 0.25) is 0 Å². The van der Waals surface area contributed by atoms with E-state index >= 15 is 0 Å². The van der Waals surface area contributed by atoms with Crippen LogP contribution in [0.4, 0.5) is 0 Å². The van der Waals surface area contributed by atoms with Crippen molar-refractivity contribution < 1.29 is 14.7 Å². The minimum Gasteiger partial charge on any atom is -0.481 e. The van der Waals surface area contributed by atoms with E-state index in [1.165, 1.54) is 0 Å². The third-order valence-electron chi connectivity index (χ3n) is 3.76. The maximum Gasteiger partial charge on any atom is 0.310 e. The number of hydrogen-bond donors (Lipinski definition) is 1. The lowest BCUT2D eigenvalue weighted by Gasteiger charge is -2.10. The number of hydrogen-bond acceptors (Lipinski definition) is 2.